The second-order valence-electron chi connectivity index (χ2n) is 6.59. The number of fused-ring (bicyclic) bond motifs is 1. The summed E-state index contributed by atoms with van der Waals surface area (Å²) in [6.07, 6.45) is 0. The Morgan fingerprint density at radius 2 is 1.81 bits per heavy atom. The summed E-state index contributed by atoms with van der Waals surface area (Å²) in [5, 5.41) is 1.17. The van der Waals surface area contributed by atoms with E-state index in [1.54, 1.807) is 28.4 Å². The van der Waals surface area contributed by atoms with Gasteiger partial charge in [0.1, 0.15) is 0 Å². The quantitative estimate of drug-likeness (QED) is 0.565. The van der Waals surface area contributed by atoms with Crippen molar-refractivity contribution in [3.8, 4) is 0 Å². The minimum atomic E-state index is -0.120. The predicted octanol–water partition coefficient (Wildman–Crippen LogP) is 5.20. The van der Waals surface area contributed by atoms with Crippen LogP contribution >= 0.6 is 35.3 Å². The third-order valence-corrected chi connectivity index (χ3v) is 5.80. The lowest BCUT2D eigenvalue weighted by atomic mass is 10.1. The van der Waals surface area contributed by atoms with Gasteiger partial charge in [0.05, 0.1) is 20.8 Å². The predicted molar refractivity (Wildman–Crippen MR) is 118 cm³/mol. The number of halogens is 2. The average molecular weight is 424 g/mol. The first-order valence-electron chi connectivity index (χ1n) is 8.46. The van der Waals surface area contributed by atoms with E-state index >= 15 is 0 Å². The maximum absolute atomic E-state index is 13.2. The number of likely N-dealkylation sites (N-methyl/N-ethyl adjacent to an activating group) is 1. The van der Waals surface area contributed by atoms with Crippen LogP contribution in [-0.4, -0.2) is 43.0 Å². The number of anilines is 1. The van der Waals surface area contributed by atoms with E-state index in [0.29, 0.717) is 22.3 Å². The van der Waals surface area contributed by atoms with Gasteiger partial charge in [0.2, 0.25) is 0 Å². The molecule has 3 aromatic rings. The van der Waals surface area contributed by atoms with Crippen molar-refractivity contribution in [2.24, 2.45) is 0 Å². The Labute approximate surface area is 175 Å². The van der Waals surface area contributed by atoms with E-state index < -0.39 is 0 Å². The largest absolute Gasteiger partial charge is 0.308 e. The number of aryl methyl sites for hydroxylation is 2. The minimum absolute atomic E-state index is 0. The van der Waals surface area contributed by atoms with Crippen molar-refractivity contribution in [3.63, 3.8) is 0 Å². The van der Waals surface area contributed by atoms with Crippen LogP contribution in [0.25, 0.3) is 10.2 Å². The fourth-order valence-corrected chi connectivity index (χ4v) is 3.96. The SMILES string of the molecule is Cc1ccc2sc(N(CCN(C)C)C(=O)c3ccccc3Cl)nc2c1C.Cl. The standard InChI is InChI=1S/C20H22ClN3OS.ClH/c1-13-9-10-17-18(14(13)2)22-20(26-17)24(12-11-23(3)4)19(25)15-7-5-6-8-16(15)21;/h5-10H,11-12H2,1-4H3;1H. The third kappa shape index (κ3) is 4.61. The molecule has 144 valence electrons. The maximum Gasteiger partial charge on any atom is 0.261 e. The van der Waals surface area contributed by atoms with Crippen molar-refractivity contribution in [3.05, 3.63) is 58.1 Å². The molecule has 0 unspecified atom stereocenters. The fourth-order valence-electron chi connectivity index (χ4n) is 2.69. The molecule has 0 aliphatic heterocycles. The highest BCUT2D eigenvalue weighted by atomic mass is 35.5. The molecule has 0 bridgehead atoms. The molecule has 4 nitrogen and oxygen atoms in total. The van der Waals surface area contributed by atoms with Gasteiger partial charge in [-0.25, -0.2) is 4.98 Å². The molecular weight excluding hydrogens is 401 g/mol. The van der Waals surface area contributed by atoms with Gasteiger partial charge >= 0.3 is 0 Å². The van der Waals surface area contributed by atoms with Gasteiger partial charge in [-0.15, -0.1) is 12.4 Å². The molecule has 0 fully saturated rings. The fraction of sp³-hybridized carbons (Fsp3) is 0.300. The van der Waals surface area contributed by atoms with Gasteiger partial charge < -0.3 is 4.90 Å². The minimum Gasteiger partial charge on any atom is -0.308 e. The average Bonchev–Trinajstić information content (AvgIpc) is 3.03. The Morgan fingerprint density at radius 1 is 1.11 bits per heavy atom. The van der Waals surface area contributed by atoms with Crippen molar-refractivity contribution in [1.29, 1.82) is 0 Å². The summed E-state index contributed by atoms with van der Waals surface area (Å²) in [4.78, 5) is 21.8. The van der Waals surface area contributed by atoms with Crippen LogP contribution in [0.3, 0.4) is 0 Å². The van der Waals surface area contributed by atoms with Crippen LogP contribution in [0.15, 0.2) is 36.4 Å². The highest BCUT2D eigenvalue weighted by Gasteiger charge is 2.23. The number of hydrogen-bond donors (Lipinski definition) is 0. The second kappa shape index (κ2) is 9.02. The van der Waals surface area contributed by atoms with Crippen molar-refractivity contribution in [2.75, 3.05) is 32.1 Å². The molecule has 0 aliphatic carbocycles. The van der Waals surface area contributed by atoms with Crippen molar-refractivity contribution >= 4 is 56.6 Å². The van der Waals surface area contributed by atoms with E-state index in [4.69, 9.17) is 16.6 Å². The van der Waals surface area contributed by atoms with Gasteiger partial charge in [0.25, 0.3) is 5.91 Å². The van der Waals surface area contributed by atoms with Crippen LogP contribution in [0.1, 0.15) is 21.5 Å². The summed E-state index contributed by atoms with van der Waals surface area (Å²) < 4.78 is 1.09. The topological polar surface area (TPSA) is 36.4 Å². The summed E-state index contributed by atoms with van der Waals surface area (Å²) in [6.45, 7) is 5.44. The monoisotopic (exact) mass is 423 g/mol. The lowest BCUT2D eigenvalue weighted by Crippen LogP contribution is -2.36. The molecule has 0 atom stereocenters. The Kier molecular flexibility index (Phi) is 7.23. The number of aromatic nitrogens is 1. The Hall–Kier alpha value is -1.66. The molecule has 0 saturated heterocycles. The number of carbonyl (C=O) groups excluding carboxylic acids is 1. The van der Waals surface area contributed by atoms with Gasteiger partial charge in [0.15, 0.2) is 5.13 Å². The van der Waals surface area contributed by atoms with Crippen LogP contribution in [0.2, 0.25) is 5.02 Å². The zero-order valence-electron chi connectivity index (χ0n) is 15.8. The molecular formula is C20H23Cl2N3OS. The van der Waals surface area contributed by atoms with Crippen LogP contribution in [0.5, 0.6) is 0 Å². The number of nitrogens with zero attached hydrogens (tertiary/aromatic N) is 3. The van der Waals surface area contributed by atoms with Crippen LogP contribution in [-0.2, 0) is 0 Å². The van der Waals surface area contributed by atoms with Crippen LogP contribution < -0.4 is 4.90 Å². The second-order valence-corrected chi connectivity index (χ2v) is 8.01. The molecule has 2 aromatic carbocycles. The van der Waals surface area contributed by atoms with E-state index in [1.807, 2.05) is 26.2 Å². The van der Waals surface area contributed by atoms with Crippen molar-refractivity contribution < 1.29 is 4.79 Å². The third-order valence-electron chi connectivity index (χ3n) is 4.42. The number of amides is 1. The zero-order chi connectivity index (χ0) is 18.8. The van der Waals surface area contributed by atoms with E-state index in [1.165, 1.54) is 5.56 Å². The first-order valence-corrected chi connectivity index (χ1v) is 9.66. The van der Waals surface area contributed by atoms with Gasteiger partial charge in [-0.1, -0.05) is 41.1 Å². The van der Waals surface area contributed by atoms with Gasteiger partial charge in [-0.2, -0.15) is 0 Å². The van der Waals surface area contributed by atoms with Crippen molar-refractivity contribution in [1.82, 2.24) is 9.88 Å². The Morgan fingerprint density at radius 3 is 2.48 bits per heavy atom. The molecule has 0 N–H and O–H groups in total. The molecule has 0 spiro atoms. The smallest absolute Gasteiger partial charge is 0.261 e. The van der Waals surface area contributed by atoms with E-state index in [9.17, 15) is 4.79 Å². The molecule has 1 aromatic heterocycles. The maximum atomic E-state index is 13.2. The lowest BCUT2D eigenvalue weighted by Gasteiger charge is -2.22. The summed E-state index contributed by atoms with van der Waals surface area (Å²) >= 11 is 7.80. The summed E-state index contributed by atoms with van der Waals surface area (Å²) in [5.41, 5.74) is 3.82. The van der Waals surface area contributed by atoms with Gasteiger partial charge in [-0.05, 0) is 57.3 Å². The first-order chi connectivity index (χ1) is 12.4. The molecule has 1 heterocycles. The van der Waals surface area contributed by atoms with E-state index in [2.05, 4.69) is 30.9 Å². The van der Waals surface area contributed by atoms with Crippen molar-refractivity contribution in [2.45, 2.75) is 13.8 Å². The molecule has 0 radical (unpaired) electrons. The molecule has 1 amide bonds. The van der Waals surface area contributed by atoms with E-state index in [0.717, 1.165) is 22.3 Å². The molecule has 0 aliphatic rings. The highest BCUT2D eigenvalue weighted by Crippen LogP contribution is 2.33. The number of benzene rings is 2. The van der Waals surface area contributed by atoms with Crippen LogP contribution in [0, 0.1) is 13.8 Å². The first kappa shape index (κ1) is 21.6. The number of thiazole rings is 1. The Bertz CT molecular complexity index is 956. The summed E-state index contributed by atoms with van der Waals surface area (Å²) in [5.74, 6) is -0.120. The van der Waals surface area contributed by atoms with Gasteiger partial charge in [0, 0.05) is 13.1 Å². The molecule has 3 rings (SSSR count). The van der Waals surface area contributed by atoms with E-state index in [-0.39, 0.29) is 18.3 Å². The summed E-state index contributed by atoms with van der Waals surface area (Å²) in [6, 6.07) is 11.3. The zero-order valence-corrected chi connectivity index (χ0v) is 18.2. The number of rotatable bonds is 5. The highest BCUT2D eigenvalue weighted by molar-refractivity contribution is 7.22. The normalized spacial score (nSPS) is 10.9. The Balaban J connectivity index is 0.00000261. The molecule has 0 saturated carbocycles. The van der Waals surface area contributed by atoms with Gasteiger partial charge in [-0.3, -0.25) is 9.69 Å². The van der Waals surface area contributed by atoms with Crippen LogP contribution in [0.4, 0.5) is 5.13 Å². The summed E-state index contributed by atoms with van der Waals surface area (Å²) in [7, 11) is 3.98. The molecule has 27 heavy (non-hydrogen) atoms. The molecule has 7 heteroatoms. The number of hydrogen-bond acceptors (Lipinski definition) is 4. The number of carbonyl (C=O) groups is 1. The lowest BCUT2D eigenvalue weighted by molar-refractivity contribution is 0.0985.